The highest BCUT2D eigenvalue weighted by molar-refractivity contribution is 5.62. The van der Waals surface area contributed by atoms with Gasteiger partial charge in [-0.25, -0.2) is 0 Å². The average Bonchev–Trinajstić information content (AvgIpc) is 2.39. The van der Waals surface area contributed by atoms with Gasteiger partial charge in [0.05, 0.1) is 12.6 Å². The Morgan fingerprint density at radius 2 is 1.88 bits per heavy atom. The van der Waals surface area contributed by atoms with Gasteiger partial charge in [-0.15, -0.1) is 0 Å². The fraction of sp³-hybridized carbons (Fsp3) is 0.154. The van der Waals surface area contributed by atoms with Gasteiger partial charge in [-0.1, -0.05) is 30.3 Å². The smallest absolute Gasteiger partial charge is 0.0624 e. The summed E-state index contributed by atoms with van der Waals surface area (Å²) in [6, 6.07) is 11.5. The molecule has 2 rings (SSSR count). The van der Waals surface area contributed by atoms with Crippen molar-refractivity contribution in [2.45, 2.75) is 6.04 Å². The van der Waals surface area contributed by atoms with E-state index < -0.39 is 0 Å². The van der Waals surface area contributed by atoms with Crippen LogP contribution < -0.4 is 5.73 Å². The third-order valence-electron chi connectivity index (χ3n) is 2.53. The normalized spacial score (nSPS) is 12.4. The molecule has 0 spiro atoms. The van der Waals surface area contributed by atoms with Gasteiger partial charge in [0.25, 0.3) is 0 Å². The maximum Gasteiger partial charge on any atom is 0.0624 e. The molecule has 2 aromatic rings. The van der Waals surface area contributed by atoms with Crippen molar-refractivity contribution in [2.24, 2.45) is 5.73 Å². The first kappa shape index (κ1) is 10.8. The number of nitrogens with zero attached hydrogens (tertiary/aromatic N) is 1. The second-order valence-corrected chi connectivity index (χ2v) is 3.65. The molecule has 0 amide bonds. The Morgan fingerprint density at radius 3 is 2.44 bits per heavy atom. The monoisotopic (exact) mass is 214 g/mol. The second-order valence-electron chi connectivity index (χ2n) is 3.65. The third kappa shape index (κ3) is 2.27. The lowest BCUT2D eigenvalue weighted by atomic mass is 10.0. The number of nitrogens with two attached hydrogens (primary N) is 1. The quantitative estimate of drug-likeness (QED) is 0.818. The van der Waals surface area contributed by atoms with Crippen molar-refractivity contribution in [1.29, 1.82) is 0 Å². The molecule has 0 saturated carbocycles. The summed E-state index contributed by atoms with van der Waals surface area (Å²) >= 11 is 0. The zero-order chi connectivity index (χ0) is 11.4. The Morgan fingerprint density at radius 1 is 1.12 bits per heavy atom. The first-order valence-corrected chi connectivity index (χ1v) is 5.18. The molecule has 1 aromatic carbocycles. The Kier molecular flexibility index (Phi) is 3.29. The van der Waals surface area contributed by atoms with E-state index in [2.05, 4.69) is 4.98 Å². The van der Waals surface area contributed by atoms with Crippen molar-refractivity contribution >= 4 is 0 Å². The van der Waals surface area contributed by atoms with Crippen LogP contribution in [0.25, 0.3) is 11.1 Å². The molecule has 0 bridgehead atoms. The molecule has 0 unspecified atom stereocenters. The molecule has 1 heterocycles. The average molecular weight is 214 g/mol. The van der Waals surface area contributed by atoms with Gasteiger partial charge in [0.2, 0.25) is 0 Å². The Labute approximate surface area is 94.6 Å². The number of benzene rings is 1. The maximum atomic E-state index is 8.94. The molecule has 16 heavy (non-hydrogen) atoms. The van der Waals surface area contributed by atoms with Crippen molar-refractivity contribution in [2.75, 3.05) is 6.61 Å². The summed E-state index contributed by atoms with van der Waals surface area (Å²) in [4.78, 5) is 4.07. The van der Waals surface area contributed by atoms with Crippen LogP contribution in [0.2, 0.25) is 0 Å². The second kappa shape index (κ2) is 4.88. The molecule has 0 aliphatic carbocycles. The molecule has 3 nitrogen and oxygen atoms in total. The molecular weight excluding hydrogens is 200 g/mol. The van der Waals surface area contributed by atoms with Gasteiger partial charge in [-0.05, 0) is 22.8 Å². The number of hydrogen-bond donors (Lipinski definition) is 2. The summed E-state index contributed by atoms with van der Waals surface area (Å²) in [5, 5.41) is 8.94. The molecule has 1 atom stereocenters. The minimum absolute atomic E-state index is 0.0355. The van der Waals surface area contributed by atoms with Gasteiger partial charge >= 0.3 is 0 Å². The van der Waals surface area contributed by atoms with Crippen molar-refractivity contribution in [1.82, 2.24) is 4.98 Å². The number of rotatable bonds is 3. The van der Waals surface area contributed by atoms with E-state index in [9.17, 15) is 0 Å². The summed E-state index contributed by atoms with van der Waals surface area (Å²) in [6.45, 7) is -0.0355. The minimum Gasteiger partial charge on any atom is -0.394 e. The maximum absolute atomic E-state index is 8.94. The van der Waals surface area contributed by atoms with Crippen LogP contribution in [0.15, 0.2) is 48.8 Å². The SMILES string of the molecule is N[C@H](CO)c1ccc(-c2cccnc2)cc1. The molecular formula is C13H14N2O. The topological polar surface area (TPSA) is 59.1 Å². The molecule has 0 radical (unpaired) electrons. The fourth-order valence-electron chi connectivity index (χ4n) is 1.56. The van der Waals surface area contributed by atoms with Crippen LogP contribution in [0, 0.1) is 0 Å². The summed E-state index contributed by atoms with van der Waals surface area (Å²) in [5.41, 5.74) is 8.84. The molecule has 0 fully saturated rings. The Hall–Kier alpha value is -1.71. The molecule has 3 heteroatoms. The van der Waals surface area contributed by atoms with E-state index in [0.29, 0.717) is 0 Å². The number of hydrogen-bond acceptors (Lipinski definition) is 3. The van der Waals surface area contributed by atoms with E-state index in [1.807, 2.05) is 42.6 Å². The van der Waals surface area contributed by atoms with Gasteiger partial charge in [0.15, 0.2) is 0 Å². The third-order valence-corrected chi connectivity index (χ3v) is 2.53. The van der Waals surface area contributed by atoms with Crippen molar-refractivity contribution < 1.29 is 5.11 Å². The number of aromatic nitrogens is 1. The summed E-state index contributed by atoms with van der Waals surface area (Å²) in [7, 11) is 0. The summed E-state index contributed by atoms with van der Waals surface area (Å²) in [5.74, 6) is 0. The van der Waals surface area contributed by atoms with Crippen LogP contribution in [0.3, 0.4) is 0 Å². The molecule has 1 aromatic heterocycles. The molecule has 82 valence electrons. The highest BCUT2D eigenvalue weighted by Gasteiger charge is 2.04. The summed E-state index contributed by atoms with van der Waals surface area (Å²) in [6.07, 6.45) is 3.57. The lowest BCUT2D eigenvalue weighted by Gasteiger charge is -2.09. The van der Waals surface area contributed by atoms with E-state index in [-0.39, 0.29) is 12.6 Å². The standard InChI is InChI=1S/C13H14N2O/c14-13(9-16)11-5-3-10(4-6-11)12-2-1-7-15-8-12/h1-8,13,16H,9,14H2/t13-/m1/s1. The number of aliphatic hydroxyl groups excluding tert-OH is 1. The van der Waals surface area contributed by atoms with Crippen molar-refractivity contribution in [3.05, 3.63) is 54.4 Å². The van der Waals surface area contributed by atoms with Gasteiger partial charge in [0, 0.05) is 12.4 Å². The molecule has 0 aliphatic rings. The van der Waals surface area contributed by atoms with E-state index in [1.165, 1.54) is 0 Å². The molecule has 3 N–H and O–H groups in total. The molecule has 0 aliphatic heterocycles. The molecule has 0 saturated heterocycles. The summed E-state index contributed by atoms with van der Waals surface area (Å²) < 4.78 is 0. The van der Waals surface area contributed by atoms with E-state index in [4.69, 9.17) is 10.8 Å². The van der Waals surface area contributed by atoms with Crippen LogP contribution in [-0.2, 0) is 0 Å². The van der Waals surface area contributed by atoms with Crippen LogP contribution >= 0.6 is 0 Å². The minimum atomic E-state index is -0.303. The Balaban J connectivity index is 2.26. The highest BCUT2D eigenvalue weighted by Crippen LogP contribution is 2.20. The largest absolute Gasteiger partial charge is 0.394 e. The first-order chi connectivity index (χ1) is 7.81. The van der Waals surface area contributed by atoms with Crippen LogP contribution in [0.1, 0.15) is 11.6 Å². The van der Waals surface area contributed by atoms with E-state index >= 15 is 0 Å². The predicted molar refractivity (Wildman–Crippen MR) is 63.7 cm³/mol. The van der Waals surface area contributed by atoms with Crippen LogP contribution in [-0.4, -0.2) is 16.7 Å². The lowest BCUT2D eigenvalue weighted by Crippen LogP contribution is -2.14. The van der Waals surface area contributed by atoms with Gasteiger partial charge in [0.1, 0.15) is 0 Å². The van der Waals surface area contributed by atoms with Crippen LogP contribution in [0.4, 0.5) is 0 Å². The highest BCUT2D eigenvalue weighted by atomic mass is 16.3. The zero-order valence-electron chi connectivity index (χ0n) is 8.88. The number of aliphatic hydroxyl groups is 1. The van der Waals surface area contributed by atoms with Crippen molar-refractivity contribution in [3.8, 4) is 11.1 Å². The Bertz CT molecular complexity index is 439. The lowest BCUT2D eigenvalue weighted by molar-refractivity contribution is 0.268. The zero-order valence-corrected chi connectivity index (χ0v) is 8.88. The fourth-order valence-corrected chi connectivity index (χ4v) is 1.56. The van der Waals surface area contributed by atoms with Gasteiger partial charge in [-0.3, -0.25) is 4.98 Å². The predicted octanol–water partition coefficient (Wildman–Crippen LogP) is 1.74. The first-order valence-electron chi connectivity index (χ1n) is 5.18. The van der Waals surface area contributed by atoms with Crippen LogP contribution in [0.5, 0.6) is 0 Å². The van der Waals surface area contributed by atoms with Gasteiger partial charge < -0.3 is 10.8 Å². The number of pyridine rings is 1. The van der Waals surface area contributed by atoms with E-state index in [1.54, 1.807) is 6.20 Å². The van der Waals surface area contributed by atoms with E-state index in [0.717, 1.165) is 16.7 Å². The van der Waals surface area contributed by atoms with Gasteiger partial charge in [-0.2, -0.15) is 0 Å². The van der Waals surface area contributed by atoms with Crippen molar-refractivity contribution in [3.63, 3.8) is 0 Å².